The molecule has 0 spiro atoms. The van der Waals surface area contributed by atoms with Crippen molar-refractivity contribution in [2.45, 2.75) is 19.9 Å². The molecule has 1 aliphatic rings. The summed E-state index contributed by atoms with van der Waals surface area (Å²) in [6.45, 7) is 2.55. The van der Waals surface area contributed by atoms with Crippen LogP contribution in [0.25, 0.3) is 0 Å². The van der Waals surface area contributed by atoms with Gasteiger partial charge in [-0.2, -0.15) is 0 Å². The molecule has 1 heterocycles. The van der Waals surface area contributed by atoms with E-state index in [9.17, 15) is 18.4 Å². The number of aryl methyl sites for hydroxylation is 1. The molecule has 0 bridgehead atoms. The predicted molar refractivity (Wildman–Crippen MR) is 98.5 cm³/mol. The molecule has 0 atom stereocenters. The van der Waals surface area contributed by atoms with Crippen molar-refractivity contribution >= 4 is 23.4 Å². The molecule has 4 nitrogen and oxygen atoms in total. The van der Waals surface area contributed by atoms with Crippen LogP contribution < -0.4 is 0 Å². The Morgan fingerprint density at radius 3 is 2.48 bits per heavy atom. The molecule has 27 heavy (non-hydrogen) atoms. The molecule has 3 rings (SSSR count). The van der Waals surface area contributed by atoms with Gasteiger partial charge in [0, 0.05) is 41.9 Å². The summed E-state index contributed by atoms with van der Waals surface area (Å²) in [5.41, 5.74) is 1.63. The van der Waals surface area contributed by atoms with E-state index >= 15 is 0 Å². The van der Waals surface area contributed by atoms with Crippen LogP contribution >= 0.6 is 11.6 Å². The van der Waals surface area contributed by atoms with Crippen molar-refractivity contribution in [2.24, 2.45) is 0 Å². The number of carbonyl (C=O) groups is 2. The SMILES string of the molecule is CCc1ccc(C(=O)N2CCN(Cc3ccc(F)cc3F)C(=O)C2)cc1Cl. The second kappa shape index (κ2) is 8.05. The van der Waals surface area contributed by atoms with Crippen molar-refractivity contribution in [1.29, 1.82) is 0 Å². The van der Waals surface area contributed by atoms with Crippen molar-refractivity contribution in [2.75, 3.05) is 19.6 Å². The molecule has 0 aliphatic carbocycles. The van der Waals surface area contributed by atoms with E-state index < -0.39 is 11.6 Å². The Kier molecular flexibility index (Phi) is 5.75. The summed E-state index contributed by atoms with van der Waals surface area (Å²) in [6.07, 6.45) is 0.768. The van der Waals surface area contributed by atoms with Crippen LogP contribution in [0.5, 0.6) is 0 Å². The molecule has 1 saturated heterocycles. The smallest absolute Gasteiger partial charge is 0.254 e. The summed E-state index contributed by atoms with van der Waals surface area (Å²) >= 11 is 6.17. The van der Waals surface area contributed by atoms with Crippen LogP contribution in [0.3, 0.4) is 0 Å². The predicted octanol–water partition coefficient (Wildman–Crippen LogP) is 3.67. The highest BCUT2D eigenvalue weighted by Gasteiger charge is 2.28. The van der Waals surface area contributed by atoms with E-state index in [1.165, 1.54) is 15.9 Å². The van der Waals surface area contributed by atoms with Crippen LogP contribution in [0.15, 0.2) is 36.4 Å². The standard InChI is InChI=1S/C20H19ClF2N2O2/c1-2-13-3-4-14(9-17(13)21)20(27)25-8-7-24(19(26)12-25)11-15-5-6-16(22)10-18(15)23/h3-6,9-10H,2,7-8,11-12H2,1H3. The van der Waals surface area contributed by atoms with Crippen molar-refractivity contribution in [3.8, 4) is 0 Å². The molecule has 0 unspecified atom stereocenters. The van der Waals surface area contributed by atoms with E-state index in [2.05, 4.69) is 0 Å². The molecule has 1 fully saturated rings. The summed E-state index contributed by atoms with van der Waals surface area (Å²) in [7, 11) is 0. The van der Waals surface area contributed by atoms with E-state index in [0.717, 1.165) is 24.1 Å². The lowest BCUT2D eigenvalue weighted by atomic mass is 10.1. The van der Waals surface area contributed by atoms with E-state index in [1.807, 2.05) is 13.0 Å². The molecular weight excluding hydrogens is 374 g/mol. The first-order valence-corrected chi connectivity index (χ1v) is 9.06. The zero-order chi connectivity index (χ0) is 19.6. The van der Waals surface area contributed by atoms with Gasteiger partial charge in [0.1, 0.15) is 18.2 Å². The fraction of sp³-hybridized carbons (Fsp3) is 0.300. The maximum atomic E-state index is 13.8. The highest BCUT2D eigenvalue weighted by Crippen LogP contribution is 2.21. The number of hydrogen-bond donors (Lipinski definition) is 0. The molecule has 7 heteroatoms. The van der Waals surface area contributed by atoms with E-state index in [-0.39, 0.29) is 37.0 Å². The largest absolute Gasteiger partial charge is 0.335 e. The number of amides is 2. The zero-order valence-electron chi connectivity index (χ0n) is 14.8. The van der Waals surface area contributed by atoms with E-state index in [4.69, 9.17) is 11.6 Å². The normalized spacial score (nSPS) is 14.6. The third-order valence-electron chi connectivity index (χ3n) is 4.66. The summed E-state index contributed by atoms with van der Waals surface area (Å²) in [5.74, 6) is -1.90. The molecule has 0 saturated carbocycles. The molecule has 0 aromatic heterocycles. The maximum absolute atomic E-state index is 13.8. The number of nitrogens with zero attached hydrogens (tertiary/aromatic N) is 2. The monoisotopic (exact) mass is 392 g/mol. The van der Waals surface area contributed by atoms with Crippen LogP contribution in [-0.2, 0) is 17.8 Å². The van der Waals surface area contributed by atoms with E-state index in [1.54, 1.807) is 12.1 Å². The Bertz CT molecular complexity index is 888. The highest BCUT2D eigenvalue weighted by atomic mass is 35.5. The van der Waals surface area contributed by atoms with Crippen molar-refractivity contribution < 1.29 is 18.4 Å². The molecule has 142 valence electrons. The van der Waals surface area contributed by atoms with Crippen molar-refractivity contribution in [3.63, 3.8) is 0 Å². The lowest BCUT2D eigenvalue weighted by Crippen LogP contribution is -2.51. The fourth-order valence-corrected chi connectivity index (χ4v) is 3.37. The summed E-state index contributed by atoms with van der Waals surface area (Å²) in [5, 5.41) is 0.528. The minimum atomic E-state index is -0.688. The van der Waals surface area contributed by atoms with Crippen LogP contribution in [0.4, 0.5) is 8.78 Å². The van der Waals surface area contributed by atoms with Gasteiger partial charge in [-0.1, -0.05) is 30.7 Å². The number of piperazine rings is 1. The maximum Gasteiger partial charge on any atom is 0.254 e. The van der Waals surface area contributed by atoms with Crippen LogP contribution in [0, 0.1) is 11.6 Å². The van der Waals surface area contributed by atoms with Gasteiger partial charge in [-0.15, -0.1) is 0 Å². The van der Waals surface area contributed by atoms with Gasteiger partial charge in [-0.25, -0.2) is 8.78 Å². The quantitative estimate of drug-likeness (QED) is 0.796. The second-order valence-corrected chi connectivity index (χ2v) is 6.84. The van der Waals surface area contributed by atoms with Crippen LogP contribution in [0.2, 0.25) is 5.02 Å². The molecular formula is C20H19ClF2N2O2. The van der Waals surface area contributed by atoms with Gasteiger partial charge in [0.2, 0.25) is 5.91 Å². The third-order valence-corrected chi connectivity index (χ3v) is 5.01. The first-order chi connectivity index (χ1) is 12.9. The first kappa shape index (κ1) is 19.3. The van der Waals surface area contributed by atoms with Gasteiger partial charge in [0.25, 0.3) is 5.91 Å². The average molecular weight is 393 g/mol. The Morgan fingerprint density at radius 1 is 1.11 bits per heavy atom. The van der Waals surface area contributed by atoms with Gasteiger partial charge in [0.05, 0.1) is 0 Å². The number of halogens is 3. The Labute approximate surface area is 161 Å². The average Bonchev–Trinajstić information content (AvgIpc) is 2.64. The van der Waals surface area contributed by atoms with Crippen LogP contribution in [0.1, 0.15) is 28.4 Å². The van der Waals surface area contributed by atoms with Crippen molar-refractivity contribution in [3.05, 3.63) is 69.7 Å². The third kappa shape index (κ3) is 4.27. The number of carbonyl (C=O) groups excluding carboxylic acids is 2. The van der Waals surface area contributed by atoms with Crippen LogP contribution in [-0.4, -0.2) is 41.2 Å². The first-order valence-electron chi connectivity index (χ1n) is 8.68. The fourth-order valence-electron chi connectivity index (χ4n) is 3.05. The molecule has 1 aliphatic heterocycles. The lowest BCUT2D eigenvalue weighted by molar-refractivity contribution is -0.135. The molecule has 2 aromatic carbocycles. The van der Waals surface area contributed by atoms with Gasteiger partial charge in [-0.05, 0) is 30.2 Å². The lowest BCUT2D eigenvalue weighted by Gasteiger charge is -2.34. The summed E-state index contributed by atoms with van der Waals surface area (Å²) < 4.78 is 26.8. The summed E-state index contributed by atoms with van der Waals surface area (Å²) in [6, 6.07) is 8.42. The number of rotatable bonds is 4. The minimum absolute atomic E-state index is 0.0456. The Balaban J connectivity index is 1.66. The number of hydrogen-bond acceptors (Lipinski definition) is 2. The Morgan fingerprint density at radius 2 is 1.85 bits per heavy atom. The van der Waals surface area contributed by atoms with Gasteiger partial charge in [0.15, 0.2) is 0 Å². The Hall–Kier alpha value is -2.47. The highest BCUT2D eigenvalue weighted by molar-refractivity contribution is 6.31. The van der Waals surface area contributed by atoms with Gasteiger partial charge >= 0.3 is 0 Å². The van der Waals surface area contributed by atoms with Crippen molar-refractivity contribution in [1.82, 2.24) is 9.80 Å². The molecule has 2 amide bonds. The topological polar surface area (TPSA) is 40.6 Å². The number of benzene rings is 2. The van der Waals surface area contributed by atoms with Gasteiger partial charge in [-0.3, -0.25) is 9.59 Å². The van der Waals surface area contributed by atoms with Gasteiger partial charge < -0.3 is 9.80 Å². The second-order valence-electron chi connectivity index (χ2n) is 6.44. The minimum Gasteiger partial charge on any atom is -0.335 e. The zero-order valence-corrected chi connectivity index (χ0v) is 15.6. The van der Waals surface area contributed by atoms with E-state index in [0.29, 0.717) is 17.1 Å². The molecule has 0 N–H and O–H groups in total. The molecule has 2 aromatic rings. The summed E-state index contributed by atoms with van der Waals surface area (Å²) in [4.78, 5) is 28.0. The molecule has 0 radical (unpaired) electrons.